The maximum atomic E-state index is 14.3. The molecule has 4 heterocycles. The van der Waals surface area contributed by atoms with Crippen molar-refractivity contribution < 1.29 is 18.4 Å². The van der Waals surface area contributed by atoms with E-state index < -0.39 is 11.6 Å². The Labute approximate surface area is 235 Å². The molecule has 1 unspecified atom stereocenters. The molecule has 1 aromatic carbocycles. The van der Waals surface area contributed by atoms with Gasteiger partial charge in [-0.25, -0.2) is 8.78 Å². The number of nitrogens with zero attached hydrogens (tertiary/aromatic N) is 5. The van der Waals surface area contributed by atoms with E-state index in [4.69, 9.17) is 0 Å². The van der Waals surface area contributed by atoms with E-state index in [1.165, 1.54) is 12.1 Å². The molecule has 3 aliphatic rings. The Hall–Kier alpha value is -2.95. The fourth-order valence-corrected chi connectivity index (χ4v) is 6.10. The zero-order valence-corrected chi connectivity index (χ0v) is 24.1. The number of pyridine rings is 1. The molecule has 3 aliphatic heterocycles. The van der Waals surface area contributed by atoms with Gasteiger partial charge in [-0.15, -0.1) is 0 Å². The van der Waals surface area contributed by atoms with Gasteiger partial charge in [0.25, 0.3) is 0 Å². The van der Waals surface area contributed by atoms with E-state index in [2.05, 4.69) is 47.8 Å². The number of likely N-dealkylation sites (N-methyl/N-ethyl adjacent to an activating group) is 1. The van der Waals surface area contributed by atoms with Crippen molar-refractivity contribution in [2.24, 2.45) is 0 Å². The number of carbonyl (C=O) groups excluding carboxylic acids is 2. The first-order valence-electron chi connectivity index (χ1n) is 14.1. The first-order chi connectivity index (χ1) is 18.9. The van der Waals surface area contributed by atoms with Gasteiger partial charge in [-0.1, -0.05) is 19.9 Å². The minimum Gasteiger partial charge on any atom is -0.338 e. The van der Waals surface area contributed by atoms with Gasteiger partial charge in [-0.05, 0) is 38.6 Å². The minimum atomic E-state index is -0.617. The Morgan fingerprint density at radius 1 is 1.18 bits per heavy atom. The predicted molar refractivity (Wildman–Crippen MR) is 150 cm³/mol. The normalized spacial score (nSPS) is 25.4. The van der Waals surface area contributed by atoms with E-state index in [1.807, 2.05) is 22.9 Å². The fraction of sp³-hybridized carbons (Fsp3) is 0.567. The van der Waals surface area contributed by atoms with Crippen LogP contribution < -0.4 is 10.2 Å². The molecular formula is C30H40F2N6O2. The van der Waals surface area contributed by atoms with Crippen molar-refractivity contribution in [3.8, 4) is 0 Å². The maximum Gasteiger partial charge on any atom is 0.241 e. The van der Waals surface area contributed by atoms with Crippen LogP contribution in [0.25, 0.3) is 0 Å². The molecule has 3 atom stereocenters. The van der Waals surface area contributed by atoms with Crippen molar-refractivity contribution in [3.05, 3.63) is 58.9 Å². The molecule has 2 fully saturated rings. The number of rotatable bonds is 6. The molecule has 2 aromatic rings. The van der Waals surface area contributed by atoms with E-state index in [1.54, 1.807) is 6.20 Å². The van der Waals surface area contributed by atoms with Crippen LogP contribution >= 0.6 is 0 Å². The highest BCUT2D eigenvalue weighted by atomic mass is 19.1. The van der Waals surface area contributed by atoms with Gasteiger partial charge in [0, 0.05) is 86.2 Å². The van der Waals surface area contributed by atoms with Gasteiger partial charge < -0.3 is 15.1 Å². The third-order valence-electron chi connectivity index (χ3n) is 8.67. The second kappa shape index (κ2) is 11.1. The third kappa shape index (κ3) is 5.89. The second-order valence-corrected chi connectivity index (χ2v) is 12.4. The average molecular weight is 555 g/mol. The third-order valence-corrected chi connectivity index (χ3v) is 8.67. The molecule has 5 rings (SSSR count). The van der Waals surface area contributed by atoms with Gasteiger partial charge >= 0.3 is 0 Å². The van der Waals surface area contributed by atoms with Crippen molar-refractivity contribution in [3.63, 3.8) is 0 Å². The summed E-state index contributed by atoms with van der Waals surface area (Å²) in [5.41, 5.74) is 2.47. The van der Waals surface area contributed by atoms with E-state index in [0.717, 1.165) is 17.3 Å². The van der Waals surface area contributed by atoms with Crippen LogP contribution in [0.5, 0.6) is 0 Å². The van der Waals surface area contributed by atoms with Crippen molar-refractivity contribution in [1.82, 2.24) is 25.0 Å². The van der Waals surface area contributed by atoms with Gasteiger partial charge in [0.05, 0.1) is 18.8 Å². The molecule has 2 saturated heterocycles. The van der Waals surface area contributed by atoms with Crippen LogP contribution in [0.4, 0.5) is 14.5 Å². The maximum absolute atomic E-state index is 14.3. The van der Waals surface area contributed by atoms with Crippen LogP contribution in [0.15, 0.2) is 30.5 Å². The molecule has 40 heavy (non-hydrogen) atoms. The number of piperazine rings is 2. The van der Waals surface area contributed by atoms with Crippen molar-refractivity contribution in [2.75, 3.05) is 57.8 Å². The lowest BCUT2D eigenvalue weighted by atomic mass is 9.88. The van der Waals surface area contributed by atoms with Crippen LogP contribution in [0, 0.1) is 11.6 Å². The van der Waals surface area contributed by atoms with Crippen molar-refractivity contribution >= 4 is 17.5 Å². The molecule has 216 valence electrons. The number of halogens is 2. The molecule has 8 nitrogen and oxygen atoms in total. The summed E-state index contributed by atoms with van der Waals surface area (Å²) in [6.07, 6.45) is 1.99. The molecule has 0 saturated carbocycles. The van der Waals surface area contributed by atoms with Gasteiger partial charge in [0.2, 0.25) is 11.8 Å². The van der Waals surface area contributed by atoms with Gasteiger partial charge in [0.1, 0.15) is 11.6 Å². The molecule has 0 spiro atoms. The summed E-state index contributed by atoms with van der Waals surface area (Å²) >= 11 is 0. The van der Waals surface area contributed by atoms with Gasteiger partial charge in [-0.2, -0.15) is 0 Å². The van der Waals surface area contributed by atoms with Crippen molar-refractivity contribution in [1.29, 1.82) is 0 Å². The average Bonchev–Trinajstić information content (AvgIpc) is 3.16. The molecular weight excluding hydrogens is 514 g/mol. The SMILES string of the molecule is CC1CN(CC(=O)N2CC(C)(C)c3cnc(Cc4ccc(F)cc4F)cc32)[C@@H](CN2C[C@@H](C)N(C)CC2=O)CN1. The van der Waals surface area contributed by atoms with Crippen LogP contribution in [0.2, 0.25) is 0 Å². The Balaban J connectivity index is 1.33. The highest BCUT2D eigenvalue weighted by molar-refractivity contribution is 5.97. The summed E-state index contributed by atoms with van der Waals surface area (Å²) in [7, 11) is 1.97. The van der Waals surface area contributed by atoms with Gasteiger partial charge in [0.15, 0.2) is 0 Å². The number of fused-ring (bicyclic) bond motifs is 1. The summed E-state index contributed by atoms with van der Waals surface area (Å²) in [5.74, 6) is -1.11. The number of hydrogen-bond acceptors (Lipinski definition) is 6. The number of nitrogens with one attached hydrogen (secondary N) is 1. The van der Waals surface area contributed by atoms with Crippen LogP contribution in [-0.2, 0) is 21.4 Å². The largest absolute Gasteiger partial charge is 0.338 e. The number of hydrogen-bond donors (Lipinski definition) is 1. The fourth-order valence-electron chi connectivity index (χ4n) is 6.10. The zero-order valence-electron chi connectivity index (χ0n) is 24.1. The summed E-state index contributed by atoms with van der Waals surface area (Å²) in [5, 5.41) is 3.52. The molecule has 10 heteroatoms. The number of anilines is 1. The van der Waals surface area contributed by atoms with Crippen LogP contribution in [-0.4, -0.2) is 102 Å². The number of aromatic nitrogens is 1. The van der Waals surface area contributed by atoms with E-state index in [-0.39, 0.29) is 48.3 Å². The zero-order chi connectivity index (χ0) is 28.8. The highest BCUT2D eigenvalue weighted by Crippen LogP contribution is 2.40. The predicted octanol–water partition coefficient (Wildman–Crippen LogP) is 2.40. The smallest absolute Gasteiger partial charge is 0.241 e. The molecule has 0 radical (unpaired) electrons. The topological polar surface area (TPSA) is 72.0 Å². The van der Waals surface area contributed by atoms with E-state index >= 15 is 0 Å². The lowest BCUT2D eigenvalue weighted by molar-refractivity contribution is -0.138. The highest BCUT2D eigenvalue weighted by Gasteiger charge is 2.40. The van der Waals surface area contributed by atoms with Crippen LogP contribution in [0.1, 0.15) is 44.5 Å². The van der Waals surface area contributed by atoms with Gasteiger partial charge in [-0.3, -0.25) is 24.4 Å². The molecule has 0 bridgehead atoms. The summed E-state index contributed by atoms with van der Waals surface area (Å²) in [6, 6.07) is 5.98. The Kier molecular flexibility index (Phi) is 7.96. The summed E-state index contributed by atoms with van der Waals surface area (Å²) < 4.78 is 27.7. The summed E-state index contributed by atoms with van der Waals surface area (Å²) in [4.78, 5) is 39.2. The van der Waals surface area contributed by atoms with E-state index in [0.29, 0.717) is 50.5 Å². The Morgan fingerprint density at radius 3 is 2.70 bits per heavy atom. The summed E-state index contributed by atoms with van der Waals surface area (Å²) in [6.45, 7) is 12.3. The minimum absolute atomic E-state index is 0.00545. The molecule has 0 aliphatic carbocycles. The van der Waals surface area contributed by atoms with Crippen molar-refractivity contribution in [2.45, 2.75) is 57.7 Å². The van der Waals surface area contributed by atoms with Crippen LogP contribution in [0.3, 0.4) is 0 Å². The number of benzene rings is 1. The number of carbonyl (C=O) groups is 2. The Morgan fingerprint density at radius 2 is 1.95 bits per heavy atom. The lowest BCUT2D eigenvalue weighted by Gasteiger charge is -2.44. The molecule has 2 amide bonds. The number of amides is 2. The molecule has 1 N–H and O–H groups in total. The first kappa shape index (κ1) is 28.6. The second-order valence-electron chi connectivity index (χ2n) is 12.4. The van der Waals surface area contributed by atoms with E-state index in [9.17, 15) is 18.4 Å². The Bertz CT molecular complexity index is 1290. The monoisotopic (exact) mass is 554 g/mol. The quantitative estimate of drug-likeness (QED) is 0.592. The molecule has 1 aromatic heterocycles. The lowest BCUT2D eigenvalue weighted by Crippen LogP contribution is -2.63. The first-order valence-corrected chi connectivity index (χ1v) is 14.1. The standard InChI is InChI=1S/C30H40F2N6O2/c1-19-13-36(24(11-33-19)15-37-14-20(2)35(5)16-28(37)39)17-29(40)38-18-30(3,4)25-12-34-23(10-27(25)38)8-21-6-7-22(31)9-26(21)32/h6-7,9-10,12,19-20,24,33H,8,11,13-18H2,1-5H3/t19?,20-,24-/m1/s1.